The summed E-state index contributed by atoms with van der Waals surface area (Å²) in [6, 6.07) is 10.6. The van der Waals surface area contributed by atoms with Crippen molar-refractivity contribution in [1.82, 2.24) is 24.8 Å². The molecule has 0 saturated carbocycles. The monoisotopic (exact) mass is 489 g/mol. The molecule has 2 amide bonds. The summed E-state index contributed by atoms with van der Waals surface area (Å²) >= 11 is 0. The van der Waals surface area contributed by atoms with Gasteiger partial charge in [0.2, 0.25) is 11.8 Å². The van der Waals surface area contributed by atoms with Crippen molar-refractivity contribution in [3.63, 3.8) is 0 Å². The number of fused-ring (bicyclic) bond motifs is 1. The number of rotatable bonds is 7. The molecule has 188 valence electrons. The minimum absolute atomic E-state index is 0.0792. The first-order valence-electron chi connectivity index (χ1n) is 12.0. The molecule has 3 atom stereocenters. The van der Waals surface area contributed by atoms with Gasteiger partial charge in [-0.3, -0.25) is 19.6 Å². The van der Waals surface area contributed by atoms with Gasteiger partial charge in [-0.05, 0) is 42.8 Å². The van der Waals surface area contributed by atoms with Crippen LogP contribution in [0.4, 0.5) is 0 Å². The predicted molar refractivity (Wildman–Crippen MR) is 134 cm³/mol. The highest BCUT2D eigenvalue weighted by atomic mass is 16.5. The maximum absolute atomic E-state index is 13.6. The van der Waals surface area contributed by atoms with Crippen molar-refractivity contribution in [3.8, 4) is 17.0 Å². The molecule has 3 aromatic rings. The number of nitrogens with zero attached hydrogens (tertiary/aromatic N) is 5. The van der Waals surface area contributed by atoms with Gasteiger partial charge in [-0.1, -0.05) is 13.0 Å². The molecule has 4 rings (SSSR count). The maximum atomic E-state index is 13.6. The van der Waals surface area contributed by atoms with E-state index >= 15 is 0 Å². The van der Waals surface area contributed by atoms with Crippen LogP contribution in [-0.2, 0) is 11.2 Å². The molecule has 0 unspecified atom stereocenters. The topological polar surface area (TPSA) is 109 Å². The highest BCUT2D eigenvalue weighted by Crippen LogP contribution is 2.30. The smallest absolute Gasteiger partial charge is 0.259 e. The van der Waals surface area contributed by atoms with Crippen molar-refractivity contribution < 1.29 is 19.4 Å². The van der Waals surface area contributed by atoms with E-state index in [1.54, 1.807) is 47.7 Å². The first-order valence-corrected chi connectivity index (χ1v) is 12.0. The quantitative estimate of drug-likeness (QED) is 0.543. The molecule has 9 heteroatoms. The largest absolute Gasteiger partial charge is 0.472 e. The number of aromatic nitrogens is 3. The molecule has 1 aliphatic rings. The molecule has 1 N–H and O–H groups in total. The van der Waals surface area contributed by atoms with Crippen LogP contribution in [0.2, 0.25) is 0 Å². The average molecular weight is 490 g/mol. The van der Waals surface area contributed by atoms with Crippen LogP contribution in [0.25, 0.3) is 11.1 Å². The molecule has 9 nitrogen and oxygen atoms in total. The Hall–Kier alpha value is -3.85. The highest BCUT2D eigenvalue weighted by Gasteiger charge is 2.34. The summed E-state index contributed by atoms with van der Waals surface area (Å²) < 4.78 is 6.30. The fourth-order valence-electron chi connectivity index (χ4n) is 4.19. The second kappa shape index (κ2) is 11.3. The van der Waals surface area contributed by atoms with Crippen LogP contribution in [0, 0.1) is 5.92 Å². The van der Waals surface area contributed by atoms with Gasteiger partial charge < -0.3 is 19.6 Å². The van der Waals surface area contributed by atoms with E-state index < -0.39 is 6.10 Å². The lowest BCUT2D eigenvalue weighted by Gasteiger charge is -2.37. The van der Waals surface area contributed by atoms with Crippen LogP contribution in [-0.4, -0.2) is 80.6 Å². The standard InChI is InChI=1S/C27H31N5O4/c1-18-15-32(19(2)17-33)27(35)23-12-21(20-7-10-28-11-8-20)14-30-26(23)36-24(18)16-31(3)25(34)13-22-6-4-5-9-29-22/h4-12,14,18-19,24,33H,13,15-17H2,1-3H3/t18-,19-,24+/m0/s1. The summed E-state index contributed by atoms with van der Waals surface area (Å²) in [4.78, 5) is 42.5. The fourth-order valence-corrected chi connectivity index (χ4v) is 4.19. The van der Waals surface area contributed by atoms with Gasteiger partial charge in [0, 0.05) is 55.6 Å². The lowest BCUT2D eigenvalue weighted by molar-refractivity contribution is -0.130. The number of ether oxygens (including phenoxy) is 1. The first-order chi connectivity index (χ1) is 17.4. The van der Waals surface area contributed by atoms with Crippen molar-refractivity contribution in [2.75, 3.05) is 26.7 Å². The zero-order chi connectivity index (χ0) is 25.7. The molecule has 0 aliphatic carbocycles. The van der Waals surface area contributed by atoms with Gasteiger partial charge in [-0.15, -0.1) is 0 Å². The number of amides is 2. The van der Waals surface area contributed by atoms with Gasteiger partial charge >= 0.3 is 0 Å². The van der Waals surface area contributed by atoms with E-state index in [2.05, 4.69) is 15.0 Å². The van der Waals surface area contributed by atoms with Gasteiger partial charge in [-0.25, -0.2) is 4.98 Å². The van der Waals surface area contributed by atoms with E-state index in [4.69, 9.17) is 4.74 Å². The minimum atomic E-state index is -0.415. The normalized spacial score (nSPS) is 18.4. The fraction of sp³-hybridized carbons (Fsp3) is 0.370. The van der Waals surface area contributed by atoms with E-state index in [-0.39, 0.29) is 42.7 Å². The molecule has 0 saturated heterocycles. The number of hydrogen-bond donors (Lipinski definition) is 1. The second-order valence-corrected chi connectivity index (χ2v) is 9.21. The predicted octanol–water partition coefficient (Wildman–Crippen LogP) is 2.46. The summed E-state index contributed by atoms with van der Waals surface area (Å²) in [5.41, 5.74) is 2.66. The molecular weight excluding hydrogens is 458 g/mol. The number of aliphatic hydroxyl groups excluding tert-OH is 1. The minimum Gasteiger partial charge on any atom is -0.472 e. The lowest BCUT2D eigenvalue weighted by Crippen LogP contribution is -2.50. The molecule has 1 aliphatic heterocycles. The summed E-state index contributed by atoms with van der Waals surface area (Å²) in [7, 11) is 1.74. The number of pyridine rings is 3. The summed E-state index contributed by atoms with van der Waals surface area (Å²) in [6.45, 7) is 4.30. The molecule has 0 radical (unpaired) electrons. The maximum Gasteiger partial charge on any atom is 0.259 e. The zero-order valence-corrected chi connectivity index (χ0v) is 20.7. The molecule has 36 heavy (non-hydrogen) atoms. The van der Waals surface area contributed by atoms with Crippen molar-refractivity contribution in [2.45, 2.75) is 32.4 Å². The third kappa shape index (κ3) is 5.68. The van der Waals surface area contributed by atoms with E-state index in [0.717, 1.165) is 11.1 Å². The van der Waals surface area contributed by atoms with Crippen molar-refractivity contribution in [1.29, 1.82) is 0 Å². The zero-order valence-electron chi connectivity index (χ0n) is 20.7. The summed E-state index contributed by atoms with van der Waals surface area (Å²) in [5.74, 6) is -0.234. The molecule has 4 heterocycles. The second-order valence-electron chi connectivity index (χ2n) is 9.21. The summed E-state index contributed by atoms with van der Waals surface area (Å²) in [5, 5.41) is 9.85. The number of hydrogen-bond acceptors (Lipinski definition) is 7. The van der Waals surface area contributed by atoms with Crippen molar-refractivity contribution in [2.24, 2.45) is 5.92 Å². The number of carbonyl (C=O) groups excluding carboxylic acids is 2. The van der Waals surface area contributed by atoms with E-state index in [1.165, 1.54) is 0 Å². The van der Waals surface area contributed by atoms with Crippen LogP contribution in [0.15, 0.2) is 61.2 Å². The third-order valence-corrected chi connectivity index (χ3v) is 6.47. The van der Waals surface area contributed by atoms with Gasteiger partial charge in [0.25, 0.3) is 5.91 Å². The number of aliphatic hydroxyl groups is 1. The van der Waals surface area contributed by atoms with E-state index in [1.807, 2.05) is 44.2 Å². The Labute approximate surface area is 210 Å². The van der Waals surface area contributed by atoms with Gasteiger partial charge in [0.05, 0.1) is 25.6 Å². The van der Waals surface area contributed by atoms with Gasteiger partial charge in [-0.2, -0.15) is 0 Å². The average Bonchev–Trinajstić information content (AvgIpc) is 2.91. The summed E-state index contributed by atoms with van der Waals surface area (Å²) in [6.07, 6.45) is 6.47. The van der Waals surface area contributed by atoms with Crippen LogP contribution < -0.4 is 4.74 Å². The number of likely N-dealkylation sites (N-methyl/N-ethyl adjacent to an activating group) is 1. The Kier molecular flexibility index (Phi) is 7.90. The molecule has 0 bridgehead atoms. The van der Waals surface area contributed by atoms with Crippen LogP contribution >= 0.6 is 0 Å². The molecule has 0 fully saturated rings. The molecule has 3 aromatic heterocycles. The SMILES string of the molecule is C[C@H]1CN([C@@H](C)CO)C(=O)c2cc(-c3ccncc3)cnc2O[C@@H]1CN(C)C(=O)Cc1ccccn1. The van der Waals surface area contributed by atoms with Gasteiger partial charge in [0.15, 0.2) is 0 Å². The van der Waals surface area contributed by atoms with Crippen molar-refractivity contribution in [3.05, 3.63) is 72.4 Å². The van der Waals surface area contributed by atoms with Gasteiger partial charge in [0.1, 0.15) is 11.7 Å². The van der Waals surface area contributed by atoms with Crippen LogP contribution in [0.5, 0.6) is 5.88 Å². The molecule has 0 spiro atoms. The van der Waals surface area contributed by atoms with E-state index in [0.29, 0.717) is 24.3 Å². The molecule has 0 aromatic carbocycles. The van der Waals surface area contributed by atoms with Crippen molar-refractivity contribution >= 4 is 11.8 Å². The van der Waals surface area contributed by atoms with Crippen LogP contribution in [0.1, 0.15) is 29.9 Å². The Balaban J connectivity index is 1.62. The Bertz CT molecular complexity index is 1190. The Morgan fingerprint density at radius 3 is 2.67 bits per heavy atom. The van der Waals surface area contributed by atoms with Crippen LogP contribution in [0.3, 0.4) is 0 Å². The first kappa shape index (κ1) is 25.2. The lowest BCUT2D eigenvalue weighted by atomic mass is 9.99. The Morgan fingerprint density at radius 2 is 1.97 bits per heavy atom. The number of carbonyl (C=O) groups is 2. The molecular formula is C27H31N5O4. The third-order valence-electron chi connectivity index (χ3n) is 6.47. The highest BCUT2D eigenvalue weighted by molar-refractivity contribution is 5.98. The Morgan fingerprint density at radius 1 is 1.19 bits per heavy atom. The van der Waals surface area contributed by atoms with E-state index in [9.17, 15) is 14.7 Å².